The molecule has 0 bridgehead atoms. The Labute approximate surface area is 149 Å². The Morgan fingerprint density at radius 3 is 2.32 bits per heavy atom. The van der Waals surface area contributed by atoms with E-state index in [2.05, 4.69) is 10.6 Å². The lowest BCUT2D eigenvalue weighted by molar-refractivity contribution is -0.121. The summed E-state index contributed by atoms with van der Waals surface area (Å²) in [7, 11) is 0. The van der Waals surface area contributed by atoms with Crippen molar-refractivity contribution in [2.24, 2.45) is 0 Å². The van der Waals surface area contributed by atoms with Crippen molar-refractivity contribution in [2.45, 2.75) is 58.5 Å². The Morgan fingerprint density at radius 2 is 1.72 bits per heavy atom. The molecule has 0 spiro atoms. The highest BCUT2D eigenvalue weighted by Gasteiger charge is 2.24. The first-order chi connectivity index (χ1) is 11.5. The van der Waals surface area contributed by atoms with Gasteiger partial charge in [0.2, 0.25) is 5.91 Å². The van der Waals surface area contributed by atoms with E-state index in [4.69, 9.17) is 4.74 Å². The molecule has 0 saturated heterocycles. The van der Waals surface area contributed by atoms with Crippen LogP contribution >= 0.6 is 0 Å². The number of hydrogen-bond acceptors (Lipinski definition) is 3. The van der Waals surface area contributed by atoms with Gasteiger partial charge in [-0.25, -0.2) is 9.18 Å². The van der Waals surface area contributed by atoms with E-state index in [-0.39, 0.29) is 18.1 Å². The molecule has 0 saturated carbocycles. The van der Waals surface area contributed by atoms with Gasteiger partial charge in [0.1, 0.15) is 11.4 Å². The Bertz CT molecular complexity index is 595. The van der Waals surface area contributed by atoms with Gasteiger partial charge in [0, 0.05) is 24.9 Å². The lowest BCUT2D eigenvalue weighted by Gasteiger charge is -2.26. The average molecular weight is 352 g/mol. The summed E-state index contributed by atoms with van der Waals surface area (Å²) in [5, 5.41) is 5.43. The largest absolute Gasteiger partial charge is 0.444 e. The fourth-order valence-electron chi connectivity index (χ4n) is 2.27. The van der Waals surface area contributed by atoms with Gasteiger partial charge < -0.3 is 15.4 Å². The van der Waals surface area contributed by atoms with Crippen LogP contribution in [0.5, 0.6) is 0 Å². The molecule has 2 amide bonds. The number of carbonyl (C=O) groups excluding carboxylic acids is 2. The summed E-state index contributed by atoms with van der Waals surface area (Å²) in [6.07, 6.45) is 0.294. The molecule has 2 N–H and O–H groups in total. The second kappa shape index (κ2) is 8.83. The summed E-state index contributed by atoms with van der Waals surface area (Å²) in [4.78, 5) is 23.4. The van der Waals surface area contributed by atoms with Gasteiger partial charge in [-0.3, -0.25) is 4.79 Å². The predicted octanol–water partition coefficient (Wildman–Crippen LogP) is 3.52. The van der Waals surface area contributed by atoms with Crippen molar-refractivity contribution in [3.63, 3.8) is 0 Å². The molecule has 0 aliphatic heterocycles. The third kappa shape index (κ3) is 8.01. The summed E-state index contributed by atoms with van der Waals surface area (Å²) in [6.45, 7) is 9.84. The smallest absolute Gasteiger partial charge is 0.407 e. The maximum Gasteiger partial charge on any atom is 0.407 e. The Kier molecular flexibility index (Phi) is 7.39. The normalized spacial score (nSPS) is 11.8. The number of amides is 2. The van der Waals surface area contributed by atoms with Crippen molar-refractivity contribution in [3.05, 3.63) is 35.6 Å². The number of nitrogens with one attached hydrogen (secondary N) is 2. The van der Waals surface area contributed by atoms with E-state index in [1.54, 1.807) is 39.0 Å². The number of hydrogen-bond donors (Lipinski definition) is 2. The van der Waals surface area contributed by atoms with Crippen LogP contribution < -0.4 is 10.6 Å². The maximum absolute atomic E-state index is 13.9. The fourth-order valence-corrected chi connectivity index (χ4v) is 2.27. The molecule has 0 heterocycles. The van der Waals surface area contributed by atoms with Crippen LogP contribution in [0.15, 0.2) is 24.3 Å². The second-order valence-corrected chi connectivity index (χ2v) is 7.67. The zero-order valence-corrected chi connectivity index (χ0v) is 15.7. The molecule has 0 radical (unpaired) electrons. The van der Waals surface area contributed by atoms with E-state index in [1.807, 2.05) is 13.8 Å². The Hall–Kier alpha value is -2.11. The van der Waals surface area contributed by atoms with E-state index in [0.29, 0.717) is 25.1 Å². The molecule has 140 valence electrons. The topological polar surface area (TPSA) is 67.4 Å². The number of ether oxygens (including phenoxy) is 1. The first-order valence-corrected chi connectivity index (χ1v) is 8.50. The maximum atomic E-state index is 13.9. The number of benzene rings is 1. The minimum absolute atomic E-state index is 0.129. The molecular weight excluding hydrogens is 323 g/mol. The molecule has 25 heavy (non-hydrogen) atoms. The molecule has 1 aromatic rings. The van der Waals surface area contributed by atoms with Crippen LogP contribution in [0.4, 0.5) is 9.18 Å². The first kappa shape index (κ1) is 20.9. The summed E-state index contributed by atoms with van der Waals surface area (Å²) in [6, 6.07) is 6.57. The van der Waals surface area contributed by atoms with Crippen LogP contribution in [0.1, 0.15) is 53.0 Å². The first-order valence-electron chi connectivity index (χ1n) is 8.50. The Morgan fingerprint density at radius 1 is 1.08 bits per heavy atom. The summed E-state index contributed by atoms with van der Waals surface area (Å²) in [5.41, 5.74) is -0.475. The molecule has 5 nitrogen and oxygen atoms in total. The summed E-state index contributed by atoms with van der Waals surface area (Å²) < 4.78 is 19.0. The molecule has 0 aliphatic carbocycles. The number of halogens is 1. The third-order valence-corrected chi connectivity index (χ3v) is 3.58. The van der Waals surface area contributed by atoms with Gasteiger partial charge in [0.05, 0.1) is 0 Å². The molecule has 1 rings (SSSR count). The molecule has 0 aliphatic rings. The monoisotopic (exact) mass is 352 g/mol. The Balaban J connectivity index is 2.31. The minimum Gasteiger partial charge on any atom is -0.444 e. The summed E-state index contributed by atoms with van der Waals surface area (Å²) in [5.74, 6) is -0.404. The van der Waals surface area contributed by atoms with E-state index in [9.17, 15) is 14.0 Å². The zero-order chi connectivity index (χ0) is 19.1. The quantitative estimate of drug-likeness (QED) is 0.738. The molecule has 6 heteroatoms. The van der Waals surface area contributed by atoms with Crippen LogP contribution in [0, 0.1) is 5.82 Å². The third-order valence-electron chi connectivity index (χ3n) is 3.58. The minimum atomic E-state index is -0.542. The van der Waals surface area contributed by atoms with Crippen LogP contribution in [-0.4, -0.2) is 30.7 Å². The van der Waals surface area contributed by atoms with Gasteiger partial charge in [-0.15, -0.1) is 0 Å². The van der Waals surface area contributed by atoms with Crippen molar-refractivity contribution in [2.75, 3.05) is 13.1 Å². The van der Waals surface area contributed by atoms with E-state index in [0.717, 1.165) is 0 Å². The SMILES string of the molecule is CC(C)(C)OC(=O)NCCCC(=O)NCC(C)(C)c1ccccc1F. The summed E-state index contributed by atoms with van der Waals surface area (Å²) >= 11 is 0. The number of carbonyl (C=O) groups is 2. The van der Waals surface area contributed by atoms with Crippen molar-refractivity contribution in [3.8, 4) is 0 Å². The van der Waals surface area contributed by atoms with E-state index in [1.165, 1.54) is 6.07 Å². The average Bonchev–Trinajstić information content (AvgIpc) is 2.48. The van der Waals surface area contributed by atoms with Gasteiger partial charge in [-0.2, -0.15) is 0 Å². The molecule has 0 fully saturated rings. The highest BCUT2D eigenvalue weighted by atomic mass is 19.1. The number of alkyl carbamates (subject to hydrolysis) is 1. The van der Waals surface area contributed by atoms with Gasteiger partial charge in [-0.05, 0) is 38.8 Å². The standard InChI is InChI=1S/C19H29FN2O3/c1-18(2,3)25-17(24)21-12-8-11-16(23)22-13-19(4,5)14-9-6-7-10-15(14)20/h6-7,9-10H,8,11-13H2,1-5H3,(H,21,24)(H,22,23). The fraction of sp³-hybridized carbons (Fsp3) is 0.579. The van der Waals surface area contributed by atoms with Crippen LogP contribution in [-0.2, 0) is 14.9 Å². The molecule has 0 atom stereocenters. The second-order valence-electron chi connectivity index (χ2n) is 7.67. The van der Waals surface area contributed by atoms with Crippen molar-refractivity contribution in [1.29, 1.82) is 0 Å². The van der Waals surface area contributed by atoms with Crippen LogP contribution in [0.25, 0.3) is 0 Å². The van der Waals surface area contributed by atoms with Gasteiger partial charge in [-0.1, -0.05) is 32.0 Å². The molecule has 0 aromatic heterocycles. The van der Waals surface area contributed by atoms with Crippen molar-refractivity contribution >= 4 is 12.0 Å². The number of rotatable bonds is 7. The zero-order valence-electron chi connectivity index (χ0n) is 15.7. The highest BCUT2D eigenvalue weighted by Crippen LogP contribution is 2.24. The lowest BCUT2D eigenvalue weighted by atomic mass is 9.84. The predicted molar refractivity (Wildman–Crippen MR) is 95.9 cm³/mol. The lowest BCUT2D eigenvalue weighted by Crippen LogP contribution is -2.37. The van der Waals surface area contributed by atoms with Crippen LogP contribution in [0.3, 0.4) is 0 Å². The van der Waals surface area contributed by atoms with Crippen molar-refractivity contribution in [1.82, 2.24) is 10.6 Å². The highest BCUT2D eigenvalue weighted by molar-refractivity contribution is 5.76. The molecular formula is C19H29FN2O3. The van der Waals surface area contributed by atoms with Gasteiger partial charge in [0.25, 0.3) is 0 Å². The van der Waals surface area contributed by atoms with Crippen LogP contribution in [0.2, 0.25) is 0 Å². The van der Waals surface area contributed by atoms with E-state index < -0.39 is 17.1 Å². The molecule has 1 aromatic carbocycles. The van der Waals surface area contributed by atoms with E-state index >= 15 is 0 Å². The molecule has 0 unspecified atom stereocenters. The van der Waals surface area contributed by atoms with Crippen molar-refractivity contribution < 1.29 is 18.7 Å². The van der Waals surface area contributed by atoms with Gasteiger partial charge in [0.15, 0.2) is 0 Å². The van der Waals surface area contributed by atoms with Gasteiger partial charge >= 0.3 is 6.09 Å².